The molecule has 0 saturated carbocycles. The molecule has 24 heavy (non-hydrogen) atoms. The Labute approximate surface area is 149 Å². The monoisotopic (exact) mass is 397 g/mol. The highest BCUT2D eigenvalue weighted by atomic mass is 79.9. The average molecular weight is 398 g/mol. The molecule has 2 aromatic carbocycles. The molecule has 0 aliphatic rings. The Balaban J connectivity index is 2.10. The van der Waals surface area contributed by atoms with E-state index in [-0.39, 0.29) is 12.4 Å². The number of benzene rings is 2. The van der Waals surface area contributed by atoms with Crippen molar-refractivity contribution in [1.29, 1.82) is 0 Å². The fourth-order valence-corrected chi connectivity index (χ4v) is 2.81. The summed E-state index contributed by atoms with van der Waals surface area (Å²) in [6.45, 7) is 2.93. The van der Waals surface area contributed by atoms with E-state index in [0.717, 1.165) is 10.0 Å². The number of methoxy groups -OCH3 is 1. The number of aliphatic hydroxyl groups excluding tert-OH is 1. The van der Waals surface area contributed by atoms with Crippen molar-refractivity contribution in [3.05, 3.63) is 57.8 Å². The number of rotatable bonds is 8. The van der Waals surface area contributed by atoms with Crippen LogP contribution in [0.2, 0.25) is 0 Å². The first-order valence-corrected chi connectivity index (χ1v) is 8.42. The molecule has 0 aliphatic heterocycles. The van der Waals surface area contributed by atoms with Crippen molar-refractivity contribution in [3.63, 3.8) is 0 Å². The maximum atomic E-state index is 13.7. The maximum absolute atomic E-state index is 13.7. The Hall–Kier alpha value is -1.63. The second-order valence-electron chi connectivity index (χ2n) is 5.47. The first-order chi connectivity index (χ1) is 11.5. The molecule has 1 atom stereocenters. The number of halogens is 2. The minimum atomic E-state index is -0.404. The lowest BCUT2D eigenvalue weighted by molar-refractivity contribution is 0.191. The molecule has 6 heteroatoms. The smallest absolute Gasteiger partial charge is 0.175 e. The van der Waals surface area contributed by atoms with E-state index in [2.05, 4.69) is 21.2 Å². The van der Waals surface area contributed by atoms with Crippen molar-refractivity contribution in [2.75, 3.05) is 13.7 Å². The molecular formula is C18H21BrFNO3. The summed E-state index contributed by atoms with van der Waals surface area (Å²) in [7, 11) is 1.56. The molecule has 0 heterocycles. The van der Waals surface area contributed by atoms with Gasteiger partial charge in [-0.1, -0.05) is 18.2 Å². The van der Waals surface area contributed by atoms with E-state index < -0.39 is 6.10 Å². The van der Waals surface area contributed by atoms with Gasteiger partial charge in [0.1, 0.15) is 12.4 Å². The molecule has 0 spiro atoms. The van der Waals surface area contributed by atoms with Crippen LogP contribution in [-0.4, -0.2) is 24.9 Å². The minimum absolute atomic E-state index is 0.112. The lowest BCUT2D eigenvalue weighted by Gasteiger charge is -2.15. The van der Waals surface area contributed by atoms with Gasteiger partial charge in [-0.25, -0.2) is 4.39 Å². The number of aliphatic hydroxyl groups is 1. The molecule has 2 rings (SSSR count). The van der Waals surface area contributed by atoms with Crippen LogP contribution in [0.4, 0.5) is 4.39 Å². The number of nitrogens with one attached hydrogen (secondary N) is 1. The van der Waals surface area contributed by atoms with Gasteiger partial charge in [-0.2, -0.15) is 0 Å². The fraction of sp³-hybridized carbons (Fsp3) is 0.333. The second kappa shape index (κ2) is 9.01. The van der Waals surface area contributed by atoms with E-state index in [1.165, 1.54) is 6.07 Å². The molecule has 4 nitrogen and oxygen atoms in total. The number of hydrogen-bond acceptors (Lipinski definition) is 4. The van der Waals surface area contributed by atoms with E-state index in [4.69, 9.17) is 9.47 Å². The Kier molecular flexibility index (Phi) is 7.02. The molecule has 0 fully saturated rings. The Morgan fingerprint density at radius 3 is 2.71 bits per heavy atom. The Morgan fingerprint density at radius 1 is 1.29 bits per heavy atom. The molecule has 0 bridgehead atoms. The summed E-state index contributed by atoms with van der Waals surface area (Å²) in [5, 5.41) is 12.4. The minimum Gasteiger partial charge on any atom is -0.493 e. The zero-order chi connectivity index (χ0) is 17.5. The Morgan fingerprint density at radius 2 is 2.04 bits per heavy atom. The van der Waals surface area contributed by atoms with E-state index in [1.807, 2.05) is 12.1 Å². The third-order valence-corrected chi connectivity index (χ3v) is 3.98. The van der Waals surface area contributed by atoms with Crippen LogP contribution in [-0.2, 0) is 13.2 Å². The second-order valence-corrected chi connectivity index (χ2v) is 6.32. The topological polar surface area (TPSA) is 50.7 Å². The van der Waals surface area contributed by atoms with Crippen LogP contribution in [0.1, 0.15) is 18.1 Å². The normalized spacial score (nSPS) is 12.0. The SMILES string of the molecule is COc1cc(CNC[C@H](C)O)cc(Br)c1OCc1ccccc1F. The first-order valence-electron chi connectivity index (χ1n) is 7.62. The van der Waals surface area contributed by atoms with Crippen LogP contribution < -0.4 is 14.8 Å². The van der Waals surface area contributed by atoms with Gasteiger partial charge in [0.15, 0.2) is 11.5 Å². The fourth-order valence-electron chi connectivity index (χ4n) is 2.21. The van der Waals surface area contributed by atoms with E-state index >= 15 is 0 Å². The molecule has 0 aromatic heterocycles. The van der Waals surface area contributed by atoms with Gasteiger partial charge >= 0.3 is 0 Å². The van der Waals surface area contributed by atoms with Crippen molar-refractivity contribution in [2.45, 2.75) is 26.2 Å². The van der Waals surface area contributed by atoms with Crippen molar-refractivity contribution < 1.29 is 19.0 Å². The van der Waals surface area contributed by atoms with Crippen LogP contribution in [0.25, 0.3) is 0 Å². The van der Waals surface area contributed by atoms with E-state index in [1.54, 1.807) is 32.2 Å². The lowest BCUT2D eigenvalue weighted by Crippen LogP contribution is -2.23. The van der Waals surface area contributed by atoms with Crippen LogP contribution in [0.15, 0.2) is 40.9 Å². The van der Waals surface area contributed by atoms with Gasteiger partial charge in [0.25, 0.3) is 0 Å². The highest BCUT2D eigenvalue weighted by Gasteiger charge is 2.13. The number of hydrogen-bond donors (Lipinski definition) is 2. The number of ether oxygens (including phenoxy) is 2. The summed E-state index contributed by atoms with van der Waals surface area (Å²) in [5.74, 6) is 0.793. The van der Waals surface area contributed by atoms with Gasteiger partial charge in [0.05, 0.1) is 17.7 Å². The largest absolute Gasteiger partial charge is 0.493 e. The van der Waals surface area contributed by atoms with Gasteiger partial charge in [0, 0.05) is 18.7 Å². The molecule has 0 saturated heterocycles. The van der Waals surface area contributed by atoms with E-state index in [0.29, 0.717) is 30.2 Å². The molecule has 130 valence electrons. The summed E-state index contributed by atoms with van der Waals surface area (Å²) in [6.07, 6.45) is -0.404. The van der Waals surface area contributed by atoms with Crippen molar-refractivity contribution >= 4 is 15.9 Å². The van der Waals surface area contributed by atoms with Crippen LogP contribution in [0, 0.1) is 5.82 Å². The molecular weight excluding hydrogens is 377 g/mol. The predicted octanol–water partition coefficient (Wildman–Crippen LogP) is 3.65. The first kappa shape index (κ1) is 18.7. The molecule has 0 radical (unpaired) electrons. The summed E-state index contributed by atoms with van der Waals surface area (Å²) in [6, 6.07) is 10.3. The summed E-state index contributed by atoms with van der Waals surface area (Å²) in [4.78, 5) is 0. The molecule has 0 amide bonds. The predicted molar refractivity (Wildman–Crippen MR) is 94.8 cm³/mol. The van der Waals surface area contributed by atoms with Gasteiger partial charge in [-0.15, -0.1) is 0 Å². The molecule has 0 aliphatic carbocycles. The molecule has 0 unspecified atom stereocenters. The standard InChI is InChI=1S/C18H21BrFNO3/c1-12(22)9-21-10-13-7-15(19)18(17(8-13)23-2)24-11-14-5-3-4-6-16(14)20/h3-8,12,21-22H,9-11H2,1-2H3/t12-/m0/s1. The molecule has 2 aromatic rings. The molecule has 2 N–H and O–H groups in total. The van der Waals surface area contributed by atoms with Gasteiger partial charge < -0.3 is 19.9 Å². The van der Waals surface area contributed by atoms with Gasteiger partial charge in [0.2, 0.25) is 0 Å². The van der Waals surface area contributed by atoms with Crippen LogP contribution >= 0.6 is 15.9 Å². The maximum Gasteiger partial charge on any atom is 0.175 e. The quantitative estimate of drug-likeness (QED) is 0.713. The van der Waals surface area contributed by atoms with Crippen LogP contribution in [0.3, 0.4) is 0 Å². The van der Waals surface area contributed by atoms with Gasteiger partial charge in [-0.05, 0) is 46.6 Å². The summed E-state index contributed by atoms with van der Waals surface area (Å²) >= 11 is 3.48. The van der Waals surface area contributed by atoms with Crippen molar-refractivity contribution in [3.8, 4) is 11.5 Å². The van der Waals surface area contributed by atoms with Crippen molar-refractivity contribution in [1.82, 2.24) is 5.32 Å². The van der Waals surface area contributed by atoms with Crippen molar-refractivity contribution in [2.24, 2.45) is 0 Å². The van der Waals surface area contributed by atoms with Crippen LogP contribution in [0.5, 0.6) is 11.5 Å². The average Bonchev–Trinajstić information content (AvgIpc) is 2.54. The third-order valence-electron chi connectivity index (χ3n) is 3.39. The zero-order valence-corrected chi connectivity index (χ0v) is 15.3. The summed E-state index contributed by atoms with van der Waals surface area (Å²) < 4.78 is 25.6. The Bertz CT molecular complexity index is 679. The third kappa shape index (κ3) is 5.19. The van der Waals surface area contributed by atoms with E-state index in [9.17, 15) is 9.50 Å². The highest BCUT2D eigenvalue weighted by Crippen LogP contribution is 2.37. The van der Waals surface area contributed by atoms with Gasteiger partial charge in [-0.3, -0.25) is 0 Å². The summed E-state index contributed by atoms with van der Waals surface area (Å²) in [5.41, 5.74) is 1.46. The zero-order valence-electron chi connectivity index (χ0n) is 13.7. The lowest BCUT2D eigenvalue weighted by atomic mass is 10.2. The highest BCUT2D eigenvalue weighted by molar-refractivity contribution is 9.10.